The van der Waals surface area contributed by atoms with E-state index in [0.29, 0.717) is 0 Å². The Morgan fingerprint density at radius 1 is 0.938 bits per heavy atom. The van der Waals surface area contributed by atoms with Crippen molar-refractivity contribution in [2.75, 3.05) is 0 Å². The van der Waals surface area contributed by atoms with Crippen LogP contribution in [0.4, 0.5) is 5.82 Å². The van der Waals surface area contributed by atoms with Gasteiger partial charge in [-0.25, -0.2) is 9.98 Å². The van der Waals surface area contributed by atoms with Gasteiger partial charge in [0.05, 0.1) is 0 Å². The highest BCUT2D eigenvalue weighted by atomic mass is 14.9. The minimum Gasteiger partial charge on any atom is -0.237 e. The molecule has 16 heavy (non-hydrogen) atoms. The first kappa shape index (κ1) is 10.6. The van der Waals surface area contributed by atoms with E-state index in [2.05, 4.69) is 29.0 Å². The van der Waals surface area contributed by atoms with E-state index in [1.165, 1.54) is 5.56 Å². The van der Waals surface area contributed by atoms with Crippen LogP contribution in [0.1, 0.15) is 16.7 Å². The number of hydrogen-bond donors (Lipinski definition) is 0. The quantitative estimate of drug-likeness (QED) is 0.697. The van der Waals surface area contributed by atoms with Gasteiger partial charge in [0.1, 0.15) is 0 Å². The van der Waals surface area contributed by atoms with Gasteiger partial charge < -0.3 is 0 Å². The Labute approximate surface area is 95.7 Å². The monoisotopic (exact) mass is 210 g/mol. The molecule has 1 aromatic carbocycles. The van der Waals surface area contributed by atoms with E-state index in [1.54, 1.807) is 0 Å². The molecule has 0 aliphatic rings. The van der Waals surface area contributed by atoms with Crippen LogP contribution in [0.25, 0.3) is 0 Å². The fraction of sp³-hybridized carbons (Fsp3) is 0.143. The predicted molar refractivity (Wildman–Crippen MR) is 67.4 cm³/mol. The summed E-state index contributed by atoms with van der Waals surface area (Å²) in [6.45, 7) is 4.09. The van der Waals surface area contributed by atoms with Crippen molar-refractivity contribution in [3.63, 3.8) is 0 Å². The Bertz CT molecular complexity index is 434. The highest BCUT2D eigenvalue weighted by molar-refractivity contribution is 5.81. The van der Waals surface area contributed by atoms with Gasteiger partial charge in [-0.15, -0.1) is 0 Å². The molecule has 2 heteroatoms. The molecule has 80 valence electrons. The molecule has 0 amide bonds. The molecule has 0 N–H and O–H groups in total. The summed E-state index contributed by atoms with van der Waals surface area (Å²) in [6, 6.07) is 12.2. The molecule has 2 rings (SSSR count). The molecule has 1 aromatic heterocycles. The second-order valence-electron chi connectivity index (χ2n) is 3.86. The van der Waals surface area contributed by atoms with Crippen LogP contribution in [0.15, 0.2) is 47.6 Å². The third-order valence-corrected chi connectivity index (χ3v) is 2.32. The third kappa shape index (κ3) is 2.76. The lowest BCUT2D eigenvalue weighted by atomic mass is 10.2. The zero-order chi connectivity index (χ0) is 11.4. The van der Waals surface area contributed by atoms with Gasteiger partial charge in [0.25, 0.3) is 0 Å². The largest absolute Gasteiger partial charge is 0.237 e. The first-order chi connectivity index (χ1) is 7.74. The highest BCUT2D eigenvalue weighted by Crippen LogP contribution is 2.08. The van der Waals surface area contributed by atoms with Gasteiger partial charge in [-0.2, -0.15) is 0 Å². The molecule has 2 aromatic rings. The number of nitrogens with zero attached hydrogens (tertiary/aromatic N) is 2. The van der Waals surface area contributed by atoms with Crippen LogP contribution in [0.5, 0.6) is 0 Å². The lowest BCUT2D eigenvalue weighted by Gasteiger charge is -1.95. The maximum Gasteiger partial charge on any atom is 0.151 e. The summed E-state index contributed by atoms with van der Waals surface area (Å²) >= 11 is 0. The highest BCUT2D eigenvalue weighted by Gasteiger charge is 1.90. The summed E-state index contributed by atoms with van der Waals surface area (Å²) in [4.78, 5) is 8.52. The molecule has 0 atom stereocenters. The van der Waals surface area contributed by atoms with Gasteiger partial charge in [0.15, 0.2) is 5.82 Å². The van der Waals surface area contributed by atoms with Crippen molar-refractivity contribution in [3.05, 3.63) is 59.3 Å². The molecule has 0 radical (unpaired) electrons. The number of aliphatic imine (C=N–C) groups is 1. The SMILES string of the molecule is Cc1ccc(C=Nc2ccc(C)cn2)cc1. The minimum absolute atomic E-state index is 0.742. The van der Waals surface area contributed by atoms with Crippen LogP contribution in [0, 0.1) is 13.8 Å². The van der Waals surface area contributed by atoms with Crippen LogP contribution < -0.4 is 0 Å². The first-order valence-electron chi connectivity index (χ1n) is 5.27. The summed E-state index contributed by atoms with van der Waals surface area (Å²) < 4.78 is 0. The molecule has 2 nitrogen and oxygen atoms in total. The molecule has 0 spiro atoms. The van der Waals surface area contributed by atoms with Crippen LogP contribution in [0.2, 0.25) is 0 Å². The normalized spacial score (nSPS) is 10.9. The van der Waals surface area contributed by atoms with E-state index in [-0.39, 0.29) is 0 Å². The Kier molecular flexibility index (Phi) is 3.10. The van der Waals surface area contributed by atoms with Gasteiger partial charge in [0.2, 0.25) is 0 Å². The molecule has 0 fully saturated rings. The Balaban J connectivity index is 2.15. The van der Waals surface area contributed by atoms with Crippen LogP contribution >= 0.6 is 0 Å². The van der Waals surface area contributed by atoms with Crippen LogP contribution in [-0.2, 0) is 0 Å². The number of aryl methyl sites for hydroxylation is 2. The molecule has 0 aliphatic heterocycles. The number of pyridine rings is 1. The molecular weight excluding hydrogens is 196 g/mol. The van der Waals surface area contributed by atoms with Gasteiger partial charge in [-0.3, -0.25) is 0 Å². The number of benzene rings is 1. The molecule has 0 aliphatic carbocycles. The molecule has 0 unspecified atom stereocenters. The standard InChI is InChI=1S/C14H14N2/c1-11-3-6-13(7-4-11)10-16-14-8-5-12(2)9-15-14/h3-10H,1-2H3. The smallest absolute Gasteiger partial charge is 0.151 e. The first-order valence-corrected chi connectivity index (χ1v) is 5.27. The number of rotatable bonds is 2. The van der Waals surface area contributed by atoms with Crippen molar-refractivity contribution in [2.45, 2.75) is 13.8 Å². The van der Waals surface area contributed by atoms with E-state index in [9.17, 15) is 0 Å². The molecule has 0 bridgehead atoms. The average molecular weight is 210 g/mol. The van der Waals surface area contributed by atoms with Gasteiger partial charge in [-0.1, -0.05) is 35.9 Å². The summed E-state index contributed by atoms with van der Waals surface area (Å²) in [7, 11) is 0. The van der Waals surface area contributed by atoms with Crippen LogP contribution in [0.3, 0.4) is 0 Å². The number of aromatic nitrogens is 1. The lowest BCUT2D eigenvalue weighted by Crippen LogP contribution is -1.82. The summed E-state index contributed by atoms with van der Waals surface area (Å²) in [5.41, 5.74) is 3.49. The lowest BCUT2D eigenvalue weighted by molar-refractivity contribution is 1.24. The Morgan fingerprint density at radius 2 is 1.62 bits per heavy atom. The van der Waals surface area contributed by atoms with Gasteiger partial charge >= 0.3 is 0 Å². The Hall–Kier alpha value is -1.96. The molecular formula is C14H14N2. The molecule has 0 saturated carbocycles. The van der Waals surface area contributed by atoms with E-state index in [1.807, 2.05) is 43.6 Å². The van der Waals surface area contributed by atoms with Crippen molar-refractivity contribution in [2.24, 2.45) is 4.99 Å². The van der Waals surface area contributed by atoms with Crippen molar-refractivity contribution >= 4 is 12.0 Å². The fourth-order valence-corrected chi connectivity index (χ4v) is 1.33. The van der Waals surface area contributed by atoms with Crippen molar-refractivity contribution in [1.82, 2.24) is 4.98 Å². The van der Waals surface area contributed by atoms with E-state index < -0.39 is 0 Å². The van der Waals surface area contributed by atoms with Crippen molar-refractivity contribution < 1.29 is 0 Å². The molecule has 0 saturated heterocycles. The minimum atomic E-state index is 0.742. The molecule has 1 heterocycles. The average Bonchev–Trinajstić information content (AvgIpc) is 2.30. The maximum atomic E-state index is 4.31. The summed E-state index contributed by atoms with van der Waals surface area (Å²) in [5, 5.41) is 0. The van der Waals surface area contributed by atoms with Gasteiger partial charge in [0, 0.05) is 12.4 Å². The van der Waals surface area contributed by atoms with Crippen LogP contribution in [-0.4, -0.2) is 11.2 Å². The summed E-state index contributed by atoms with van der Waals surface area (Å²) in [6.07, 6.45) is 3.65. The van der Waals surface area contributed by atoms with E-state index in [4.69, 9.17) is 0 Å². The zero-order valence-corrected chi connectivity index (χ0v) is 9.51. The fourth-order valence-electron chi connectivity index (χ4n) is 1.33. The second-order valence-corrected chi connectivity index (χ2v) is 3.86. The predicted octanol–water partition coefficient (Wildman–Crippen LogP) is 3.45. The maximum absolute atomic E-state index is 4.31. The Morgan fingerprint density at radius 3 is 2.25 bits per heavy atom. The van der Waals surface area contributed by atoms with Gasteiger partial charge in [-0.05, 0) is 31.0 Å². The number of hydrogen-bond acceptors (Lipinski definition) is 2. The van der Waals surface area contributed by atoms with E-state index >= 15 is 0 Å². The zero-order valence-electron chi connectivity index (χ0n) is 9.51. The van der Waals surface area contributed by atoms with Crippen molar-refractivity contribution in [3.8, 4) is 0 Å². The van der Waals surface area contributed by atoms with Crippen molar-refractivity contribution in [1.29, 1.82) is 0 Å². The third-order valence-electron chi connectivity index (χ3n) is 2.32. The summed E-state index contributed by atoms with van der Waals surface area (Å²) in [5.74, 6) is 0.742. The second kappa shape index (κ2) is 4.71. The topological polar surface area (TPSA) is 25.2 Å². The van der Waals surface area contributed by atoms with E-state index in [0.717, 1.165) is 16.9 Å².